The monoisotopic (exact) mass is 229 g/mol. The Labute approximate surface area is 91.2 Å². The van der Waals surface area contributed by atoms with Gasteiger partial charge >= 0.3 is 5.97 Å². The minimum Gasteiger partial charge on any atom is -0.479 e. The van der Waals surface area contributed by atoms with Gasteiger partial charge in [0.2, 0.25) is 5.88 Å². The number of nitrogens with zero attached hydrogens (tertiary/aromatic N) is 2. The van der Waals surface area contributed by atoms with Gasteiger partial charge in [-0.05, 0) is 0 Å². The van der Waals surface area contributed by atoms with E-state index < -0.39 is 0 Å². The zero-order valence-electron chi connectivity index (χ0n) is 8.39. The molecule has 0 aromatic carbocycles. The summed E-state index contributed by atoms with van der Waals surface area (Å²) in [5.74, 6) is 0.121. The molecule has 1 heterocycles. The summed E-state index contributed by atoms with van der Waals surface area (Å²) in [4.78, 5) is 18.6. The Bertz CT molecular complexity index is 359. The normalized spacial score (nSPS) is 9.73. The largest absolute Gasteiger partial charge is 0.479 e. The Morgan fingerprint density at radius 1 is 1.53 bits per heavy atom. The fourth-order valence-electron chi connectivity index (χ4n) is 0.828. The molecule has 1 rings (SSSR count). The summed E-state index contributed by atoms with van der Waals surface area (Å²) in [6.45, 7) is 0. The summed E-state index contributed by atoms with van der Waals surface area (Å²) in [5, 5.41) is 0.507. The molecule has 2 N–H and O–H groups in total. The third-order valence-electron chi connectivity index (χ3n) is 1.56. The maximum Gasteiger partial charge on any atom is 0.316 e. The molecule has 0 bridgehead atoms. The minimum atomic E-state index is -0.336. The van der Waals surface area contributed by atoms with E-state index in [9.17, 15) is 4.79 Å². The molecule has 0 saturated heterocycles. The quantitative estimate of drug-likeness (QED) is 0.452. The second-order valence-corrected chi connectivity index (χ2v) is 3.43. The Kier molecular flexibility index (Phi) is 4.17. The molecule has 1 aromatic rings. The van der Waals surface area contributed by atoms with Crippen molar-refractivity contribution < 1.29 is 14.3 Å². The van der Waals surface area contributed by atoms with Crippen molar-refractivity contribution in [2.24, 2.45) is 0 Å². The highest BCUT2D eigenvalue weighted by Crippen LogP contribution is 2.28. The smallest absolute Gasteiger partial charge is 0.316 e. The van der Waals surface area contributed by atoms with Gasteiger partial charge in [-0.2, -0.15) is 4.98 Å². The number of thioether (sulfide) groups is 1. The molecule has 0 aliphatic rings. The van der Waals surface area contributed by atoms with Crippen LogP contribution in [0, 0.1) is 0 Å². The van der Waals surface area contributed by atoms with Gasteiger partial charge in [0.1, 0.15) is 17.0 Å². The lowest BCUT2D eigenvalue weighted by atomic mass is 10.5. The second kappa shape index (κ2) is 5.40. The number of anilines is 1. The number of nitrogen functional groups attached to an aromatic ring is 1. The molecule has 0 saturated carbocycles. The van der Waals surface area contributed by atoms with E-state index in [0.717, 1.165) is 0 Å². The Morgan fingerprint density at radius 2 is 2.27 bits per heavy atom. The maximum atomic E-state index is 10.9. The van der Waals surface area contributed by atoms with Gasteiger partial charge in [-0.15, -0.1) is 0 Å². The molecule has 0 radical (unpaired) electrons. The van der Waals surface area contributed by atoms with Gasteiger partial charge in [-0.1, -0.05) is 11.8 Å². The minimum absolute atomic E-state index is 0.154. The van der Waals surface area contributed by atoms with Gasteiger partial charge in [0.25, 0.3) is 0 Å². The number of rotatable bonds is 4. The van der Waals surface area contributed by atoms with Crippen LogP contribution in [-0.2, 0) is 9.53 Å². The van der Waals surface area contributed by atoms with Crippen LogP contribution in [0.2, 0.25) is 0 Å². The first kappa shape index (κ1) is 11.6. The number of nitrogens with two attached hydrogens (primary N) is 1. The number of hydrogen-bond donors (Lipinski definition) is 1. The van der Waals surface area contributed by atoms with Crippen LogP contribution < -0.4 is 10.5 Å². The van der Waals surface area contributed by atoms with Crippen molar-refractivity contribution >= 4 is 23.4 Å². The number of ether oxygens (including phenoxy) is 2. The molecule has 0 atom stereocenters. The third-order valence-corrected chi connectivity index (χ3v) is 2.54. The van der Waals surface area contributed by atoms with E-state index in [1.54, 1.807) is 0 Å². The van der Waals surface area contributed by atoms with Crippen molar-refractivity contribution in [3.63, 3.8) is 0 Å². The van der Waals surface area contributed by atoms with Crippen LogP contribution in [-0.4, -0.2) is 35.9 Å². The van der Waals surface area contributed by atoms with Crippen LogP contribution in [0.4, 0.5) is 5.69 Å². The van der Waals surface area contributed by atoms with Gasteiger partial charge in [-0.25, -0.2) is 4.98 Å². The average molecular weight is 229 g/mol. The summed E-state index contributed by atoms with van der Waals surface area (Å²) in [5.41, 5.74) is 6.03. The first-order valence-electron chi connectivity index (χ1n) is 4.03. The molecular weight excluding hydrogens is 218 g/mol. The van der Waals surface area contributed by atoms with Crippen LogP contribution in [0.15, 0.2) is 11.4 Å². The molecule has 0 amide bonds. The van der Waals surface area contributed by atoms with E-state index in [0.29, 0.717) is 16.6 Å². The molecule has 0 aliphatic heterocycles. The van der Waals surface area contributed by atoms with Gasteiger partial charge in [0, 0.05) is 0 Å². The van der Waals surface area contributed by atoms with Crippen LogP contribution in [0.1, 0.15) is 0 Å². The number of carbonyl (C=O) groups is 1. The van der Waals surface area contributed by atoms with E-state index in [2.05, 4.69) is 14.7 Å². The topological polar surface area (TPSA) is 87.3 Å². The highest BCUT2D eigenvalue weighted by atomic mass is 32.2. The van der Waals surface area contributed by atoms with Gasteiger partial charge in [0.15, 0.2) is 0 Å². The summed E-state index contributed by atoms with van der Waals surface area (Å²) in [6, 6.07) is 0. The van der Waals surface area contributed by atoms with E-state index in [1.165, 1.54) is 32.3 Å². The number of aromatic nitrogens is 2. The van der Waals surface area contributed by atoms with Gasteiger partial charge in [-0.3, -0.25) is 4.79 Å². The lowest BCUT2D eigenvalue weighted by Gasteiger charge is -2.06. The first-order valence-corrected chi connectivity index (χ1v) is 5.01. The van der Waals surface area contributed by atoms with Crippen molar-refractivity contribution in [3.8, 4) is 5.88 Å². The lowest BCUT2D eigenvalue weighted by Crippen LogP contribution is -2.05. The van der Waals surface area contributed by atoms with Crippen LogP contribution in [0.25, 0.3) is 0 Å². The van der Waals surface area contributed by atoms with Gasteiger partial charge < -0.3 is 15.2 Å². The lowest BCUT2D eigenvalue weighted by molar-refractivity contribution is -0.137. The number of esters is 1. The number of methoxy groups -OCH3 is 2. The predicted molar refractivity (Wildman–Crippen MR) is 55.7 cm³/mol. The van der Waals surface area contributed by atoms with Crippen LogP contribution in [0.5, 0.6) is 5.88 Å². The van der Waals surface area contributed by atoms with E-state index in [-0.39, 0.29) is 11.7 Å². The molecule has 0 aliphatic carbocycles. The van der Waals surface area contributed by atoms with Crippen molar-refractivity contribution in [1.82, 2.24) is 9.97 Å². The Hall–Kier alpha value is -1.50. The fourth-order valence-corrected chi connectivity index (χ4v) is 1.57. The van der Waals surface area contributed by atoms with Crippen LogP contribution in [0.3, 0.4) is 0 Å². The molecule has 15 heavy (non-hydrogen) atoms. The second-order valence-electron chi connectivity index (χ2n) is 2.47. The van der Waals surface area contributed by atoms with Gasteiger partial charge in [0.05, 0.1) is 20.0 Å². The van der Waals surface area contributed by atoms with Crippen LogP contribution >= 0.6 is 11.8 Å². The highest BCUT2D eigenvalue weighted by Gasteiger charge is 2.10. The SMILES string of the molecule is COC(=O)CSc1ncnc(OC)c1N. The predicted octanol–water partition coefficient (Wildman–Crippen LogP) is 0.332. The van der Waals surface area contributed by atoms with E-state index >= 15 is 0 Å². The average Bonchev–Trinajstić information content (AvgIpc) is 2.27. The van der Waals surface area contributed by atoms with Crippen molar-refractivity contribution in [1.29, 1.82) is 0 Å². The Balaban J connectivity index is 2.73. The Morgan fingerprint density at radius 3 is 2.87 bits per heavy atom. The number of hydrogen-bond acceptors (Lipinski definition) is 7. The summed E-state index contributed by atoms with van der Waals surface area (Å²) >= 11 is 1.18. The molecule has 6 nitrogen and oxygen atoms in total. The summed E-state index contributed by atoms with van der Waals surface area (Å²) < 4.78 is 9.41. The fraction of sp³-hybridized carbons (Fsp3) is 0.375. The van der Waals surface area contributed by atoms with E-state index in [1.807, 2.05) is 0 Å². The van der Waals surface area contributed by atoms with Crippen molar-refractivity contribution in [3.05, 3.63) is 6.33 Å². The van der Waals surface area contributed by atoms with E-state index in [4.69, 9.17) is 10.5 Å². The zero-order valence-corrected chi connectivity index (χ0v) is 9.21. The number of carbonyl (C=O) groups excluding carboxylic acids is 1. The van der Waals surface area contributed by atoms with Crippen molar-refractivity contribution in [2.45, 2.75) is 5.03 Å². The molecule has 1 aromatic heterocycles. The molecule has 0 fully saturated rings. The molecule has 0 unspecified atom stereocenters. The maximum absolute atomic E-state index is 10.9. The standard InChI is InChI=1S/C8H11N3O3S/c1-13-5(12)3-15-8-6(9)7(14-2)10-4-11-8/h4H,3,9H2,1-2H3. The highest BCUT2D eigenvalue weighted by molar-refractivity contribution is 8.00. The zero-order chi connectivity index (χ0) is 11.3. The molecule has 7 heteroatoms. The molecular formula is C8H11N3O3S. The first-order chi connectivity index (χ1) is 7.19. The molecule has 82 valence electrons. The van der Waals surface area contributed by atoms with Crippen molar-refractivity contribution in [2.75, 3.05) is 25.7 Å². The summed E-state index contributed by atoms with van der Waals surface area (Å²) in [6.07, 6.45) is 1.33. The third kappa shape index (κ3) is 2.98. The molecule has 0 spiro atoms. The summed E-state index contributed by atoms with van der Waals surface area (Å²) in [7, 11) is 2.79.